The van der Waals surface area contributed by atoms with Gasteiger partial charge >= 0.3 is 0 Å². The van der Waals surface area contributed by atoms with Crippen LogP contribution in [0, 0.1) is 0 Å². The highest BCUT2D eigenvalue weighted by Gasteiger charge is 2.13. The molecule has 0 bridgehead atoms. The summed E-state index contributed by atoms with van der Waals surface area (Å²) in [5.41, 5.74) is 0. The second-order valence-corrected chi connectivity index (χ2v) is 16.1. The Morgan fingerprint density at radius 3 is 1.06 bits per heavy atom. The summed E-state index contributed by atoms with van der Waals surface area (Å²) in [6.45, 7) is 15.5. The maximum atomic E-state index is 5.84. The monoisotopic (exact) mass is 290 g/mol. The van der Waals surface area contributed by atoms with Crippen LogP contribution in [0.15, 0.2) is 0 Å². The zero-order valence-corrected chi connectivity index (χ0v) is 15.5. The van der Waals surface area contributed by atoms with Gasteiger partial charge < -0.3 is 8.85 Å². The maximum Gasteiger partial charge on any atom is 0.183 e. The molecule has 0 aliphatic rings. The van der Waals surface area contributed by atoms with Gasteiger partial charge in [0.15, 0.2) is 16.6 Å². The number of hydrogen-bond acceptors (Lipinski definition) is 2. The molecule has 0 fully saturated rings. The Kier molecular flexibility index (Phi) is 9.47. The molecule has 4 heteroatoms. The summed E-state index contributed by atoms with van der Waals surface area (Å²) in [5.74, 6) is 0. The molecule has 0 aliphatic carbocycles. The maximum absolute atomic E-state index is 5.84. The highest BCUT2D eigenvalue weighted by atomic mass is 28.4. The van der Waals surface area contributed by atoms with E-state index in [0.717, 1.165) is 13.2 Å². The van der Waals surface area contributed by atoms with Gasteiger partial charge in [0, 0.05) is 13.2 Å². The van der Waals surface area contributed by atoms with Crippen LogP contribution in [0.1, 0.15) is 38.5 Å². The van der Waals surface area contributed by atoms with E-state index in [9.17, 15) is 0 Å². The first-order chi connectivity index (χ1) is 8.21. The normalized spacial score (nSPS) is 13.0. The van der Waals surface area contributed by atoms with E-state index in [4.69, 9.17) is 8.85 Å². The van der Waals surface area contributed by atoms with Gasteiger partial charge in [-0.05, 0) is 52.1 Å². The second kappa shape index (κ2) is 9.29. The molecule has 0 aromatic carbocycles. The van der Waals surface area contributed by atoms with Crippen molar-refractivity contribution in [2.45, 2.75) is 77.8 Å². The topological polar surface area (TPSA) is 18.5 Å². The first kappa shape index (κ1) is 18.4. The van der Waals surface area contributed by atoms with Crippen LogP contribution in [0.25, 0.3) is 0 Å². The molecule has 0 heterocycles. The molecular weight excluding hydrogens is 256 g/mol. The fraction of sp³-hybridized carbons (Fsp3) is 1.00. The molecule has 18 heavy (non-hydrogen) atoms. The average molecular weight is 291 g/mol. The minimum atomic E-state index is -1.27. The summed E-state index contributed by atoms with van der Waals surface area (Å²) >= 11 is 0. The van der Waals surface area contributed by atoms with Crippen molar-refractivity contribution < 1.29 is 8.85 Å². The first-order valence-electron chi connectivity index (χ1n) is 7.49. The van der Waals surface area contributed by atoms with E-state index in [-0.39, 0.29) is 0 Å². The third-order valence-electron chi connectivity index (χ3n) is 2.61. The van der Waals surface area contributed by atoms with E-state index in [0.29, 0.717) is 0 Å². The van der Waals surface area contributed by atoms with E-state index in [2.05, 4.69) is 39.3 Å². The van der Waals surface area contributed by atoms with Crippen LogP contribution < -0.4 is 0 Å². The minimum Gasteiger partial charge on any atom is -0.418 e. The summed E-state index contributed by atoms with van der Waals surface area (Å²) in [5, 5.41) is 0. The molecule has 0 amide bonds. The average Bonchev–Trinajstić information content (AvgIpc) is 2.17. The van der Waals surface area contributed by atoms with Crippen molar-refractivity contribution in [3.05, 3.63) is 0 Å². The van der Waals surface area contributed by atoms with Gasteiger partial charge in [-0.3, -0.25) is 0 Å². The molecule has 0 aliphatic heterocycles. The fourth-order valence-electron chi connectivity index (χ4n) is 1.67. The number of hydrogen-bond donors (Lipinski definition) is 0. The van der Waals surface area contributed by atoms with Crippen LogP contribution in [0.2, 0.25) is 39.3 Å². The van der Waals surface area contributed by atoms with E-state index >= 15 is 0 Å². The number of rotatable bonds is 11. The lowest BCUT2D eigenvalue weighted by Gasteiger charge is -2.17. The quantitative estimate of drug-likeness (QED) is 0.392. The van der Waals surface area contributed by atoms with Crippen LogP contribution in [0.3, 0.4) is 0 Å². The Hall–Kier alpha value is 0.354. The fourth-order valence-corrected chi connectivity index (χ4v) is 3.18. The molecule has 0 aromatic heterocycles. The smallest absolute Gasteiger partial charge is 0.183 e. The van der Waals surface area contributed by atoms with Gasteiger partial charge in [-0.1, -0.05) is 25.7 Å². The molecular formula is C14H34O2Si2. The van der Waals surface area contributed by atoms with Crippen molar-refractivity contribution in [2.75, 3.05) is 13.2 Å². The summed E-state index contributed by atoms with van der Waals surface area (Å²) in [6.07, 6.45) is 7.80. The molecule has 0 atom stereocenters. The summed E-state index contributed by atoms with van der Waals surface area (Å²) < 4.78 is 11.7. The predicted molar refractivity (Wildman–Crippen MR) is 86.3 cm³/mol. The van der Waals surface area contributed by atoms with Gasteiger partial charge in [-0.15, -0.1) is 0 Å². The van der Waals surface area contributed by atoms with E-state index in [1.165, 1.54) is 38.5 Å². The van der Waals surface area contributed by atoms with E-state index in [1.807, 2.05) is 0 Å². The van der Waals surface area contributed by atoms with Crippen molar-refractivity contribution in [3.8, 4) is 0 Å². The molecule has 2 nitrogen and oxygen atoms in total. The van der Waals surface area contributed by atoms with Crippen molar-refractivity contribution in [1.82, 2.24) is 0 Å². The van der Waals surface area contributed by atoms with Gasteiger partial charge in [-0.2, -0.15) is 0 Å². The lowest BCUT2D eigenvalue weighted by atomic mass is 10.1. The molecule has 0 aromatic rings. The molecule has 0 saturated carbocycles. The molecule has 0 spiro atoms. The molecule has 0 unspecified atom stereocenters. The predicted octanol–water partition coefficient (Wildman–Crippen LogP) is 5.03. The highest BCUT2D eigenvalue weighted by Crippen LogP contribution is 2.10. The Bertz CT molecular complexity index is 173. The van der Waals surface area contributed by atoms with Gasteiger partial charge in [0.2, 0.25) is 0 Å². The zero-order chi connectivity index (χ0) is 14.1. The van der Waals surface area contributed by atoms with E-state index in [1.54, 1.807) is 0 Å². The van der Waals surface area contributed by atoms with Crippen molar-refractivity contribution >= 4 is 16.6 Å². The van der Waals surface area contributed by atoms with Crippen LogP contribution >= 0.6 is 0 Å². The van der Waals surface area contributed by atoms with Gasteiger partial charge in [0.25, 0.3) is 0 Å². The largest absolute Gasteiger partial charge is 0.418 e. The van der Waals surface area contributed by atoms with Crippen LogP contribution in [0.4, 0.5) is 0 Å². The van der Waals surface area contributed by atoms with Crippen molar-refractivity contribution in [3.63, 3.8) is 0 Å². The third kappa shape index (κ3) is 16.4. The van der Waals surface area contributed by atoms with Gasteiger partial charge in [0.1, 0.15) is 0 Å². The summed E-state index contributed by atoms with van der Waals surface area (Å²) in [6, 6.07) is 0. The second-order valence-electron chi connectivity index (χ2n) is 7.04. The molecule has 0 rings (SSSR count). The van der Waals surface area contributed by atoms with Crippen molar-refractivity contribution in [2.24, 2.45) is 0 Å². The zero-order valence-electron chi connectivity index (χ0n) is 13.5. The van der Waals surface area contributed by atoms with Gasteiger partial charge in [0.05, 0.1) is 0 Å². The molecule has 0 saturated heterocycles. The standard InChI is InChI=1S/C14H34O2Si2/c1-17(2,3)15-13-11-9-7-8-10-12-14-16-18(4,5)6/h7-14H2,1-6H3. The van der Waals surface area contributed by atoms with Crippen molar-refractivity contribution in [1.29, 1.82) is 0 Å². The first-order valence-corrected chi connectivity index (χ1v) is 14.3. The van der Waals surface area contributed by atoms with Gasteiger partial charge in [-0.25, -0.2) is 0 Å². The summed E-state index contributed by atoms with van der Waals surface area (Å²) in [7, 11) is -2.55. The number of unbranched alkanes of at least 4 members (excludes halogenated alkanes) is 5. The van der Waals surface area contributed by atoms with Crippen LogP contribution in [-0.4, -0.2) is 29.8 Å². The lowest BCUT2D eigenvalue weighted by molar-refractivity contribution is 0.291. The Labute approximate surface area is 117 Å². The molecule has 0 radical (unpaired) electrons. The Balaban J connectivity index is 3.13. The lowest BCUT2D eigenvalue weighted by Crippen LogP contribution is -2.25. The van der Waals surface area contributed by atoms with Crippen LogP contribution in [0.5, 0.6) is 0 Å². The Morgan fingerprint density at radius 1 is 0.500 bits per heavy atom. The summed E-state index contributed by atoms with van der Waals surface area (Å²) in [4.78, 5) is 0. The van der Waals surface area contributed by atoms with E-state index < -0.39 is 16.6 Å². The van der Waals surface area contributed by atoms with Crippen LogP contribution in [-0.2, 0) is 8.85 Å². The minimum absolute atomic E-state index is 0.967. The molecule has 0 N–H and O–H groups in total. The molecule has 110 valence electrons. The Morgan fingerprint density at radius 2 is 0.778 bits per heavy atom. The SMILES string of the molecule is C[Si](C)(C)OCCCCCCCCO[Si](C)(C)C. The highest BCUT2D eigenvalue weighted by molar-refractivity contribution is 6.70. The third-order valence-corrected chi connectivity index (χ3v) is 4.75.